The van der Waals surface area contributed by atoms with E-state index in [2.05, 4.69) is 6.58 Å². The number of aryl methyl sites for hydroxylation is 1. The number of allylic oxidation sites excluding steroid dienone is 2. The number of fused-ring (bicyclic) bond motifs is 1. The summed E-state index contributed by atoms with van der Waals surface area (Å²) in [5.41, 5.74) is 2.29. The summed E-state index contributed by atoms with van der Waals surface area (Å²) in [6.07, 6.45) is 5.60. The number of rotatable bonds is 1. The number of carbonyl (C=O) groups excluding carboxylic acids is 2. The van der Waals surface area contributed by atoms with Crippen molar-refractivity contribution in [1.29, 1.82) is 0 Å². The highest BCUT2D eigenvalue weighted by atomic mass is 16.5. The first kappa shape index (κ1) is 15.3. The summed E-state index contributed by atoms with van der Waals surface area (Å²) < 4.78 is 10.8. The lowest BCUT2D eigenvalue weighted by Crippen LogP contribution is -2.25. The summed E-state index contributed by atoms with van der Waals surface area (Å²) in [6.45, 7) is 9.09. The van der Waals surface area contributed by atoms with Crippen molar-refractivity contribution in [2.75, 3.05) is 0 Å². The Morgan fingerprint density at radius 2 is 2.19 bits per heavy atom. The number of ketones is 1. The summed E-state index contributed by atoms with van der Waals surface area (Å²) in [5.74, 6) is 0.215. The molecule has 0 bridgehead atoms. The Balaban J connectivity index is 2.36. The molecule has 2 rings (SSSR count). The van der Waals surface area contributed by atoms with Gasteiger partial charge in [-0.15, -0.1) is 0 Å². The molecule has 1 aliphatic rings. The Morgan fingerprint density at radius 1 is 1.48 bits per heavy atom. The minimum atomic E-state index is -0.419. The van der Waals surface area contributed by atoms with Gasteiger partial charge in [-0.3, -0.25) is 9.59 Å². The second-order valence-electron chi connectivity index (χ2n) is 5.59. The largest absolute Gasteiger partial charge is 0.468 e. The highest BCUT2D eigenvalue weighted by Gasteiger charge is 2.26. The Labute approximate surface area is 124 Å². The van der Waals surface area contributed by atoms with E-state index in [1.54, 1.807) is 12.3 Å². The first-order chi connectivity index (χ1) is 9.88. The molecule has 0 spiro atoms. The van der Waals surface area contributed by atoms with Crippen LogP contribution in [0.1, 0.15) is 41.9 Å². The highest BCUT2D eigenvalue weighted by molar-refractivity contribution is 5.98. The molecule has 0 saturated carbocycles. The lowest BCUT2D eigenvalue weighted by atomic mass is 9.90. The second-order valence-corrected chi connectivity index (χ2v) is 5.59. The molecule has 21 heavy (non-hydrogen) atoms. The molecule has 1 aromatic rings. The summed E-state index contributed by atoms with van der Waals surface area (Å²) in [5, 5.41) is 0. The fourth-order valence-corrected chi connectivity index (χ4v) is 2.55. The van der Waals surface area contributed by atoms with Crippen LogP contribution >= 0.6 is 0 Å². The molecule has 0 saturated heterocycles. The van der Waals surface area contributed by atoms with Crippen LogP contribution in [0.3, 0.4) is 0 Å². The Bertz CT molecular complexity index is 606. The molecule has 0 N–H and O–H groups in total. The van der Waals surface area contributed by atoms with E-state index in [0.717, 1.165) is 11.1 Å². The van der Waals surface area contributed by atoms with E-state index < -0.39 is 6.10 Å². The third-order valence-electron chi connectivity index (χ3n) is 3.61. The van der Waals surface area contributed by atoms with E-state index in [-0.39, 0.29) is 17.7 Å². The fourth-order valence-electron chi connectivity index (χ4n) is 2.55. The van der Waals surface area contributed by atoms with E-state index >= 15 is 0 Å². The molecule has 0 aromatic carbocycles. The van der Waals surface area contributed by atoms with Gasteiger partial charge >= 0.3 is 5.97 Å². The average Bonchev–Trinajstić information content (AvgIpc) is 2.74. The monoisotopic (exact) mass is 288 g/mol. The van der Waals surface area contributed by atoms with Gasteiger partial charge in [-0.05, 0) is 24.1 Å². The smallest absolute Gasteiger partial charge is 0.303 e. The van der Waals surface area contributed by atoms with E-state index in [1.165, 1.54) is 6.92 Å². The molecule has 112 valence electrons. The van der Waals surface area contributed by atoms with Crippen molar-refractivity contribution in [3.05, 3.63) is 47.5 Å². The third kappa shape index (κ3) is 3.51. The second kappa shape index (κ2) is 6.12. The molecule has 1 aliphatic carbocycles. The van der Waals surface area contributed by atoms with Gasteiger partial charge in [0.25, 0.3) is 0 Å². The predicted octanol–water partition coefficient (Wildman–Crippen LogP) is 3.40. The van der Waals surface area contributed by atoms with Crippen LogP contribution in [0.25, 0.3) is 0 Å². The molecule has 4 nitrogen and oxygen atoms in total. The van der Waals surface area contributed by atoms with Gasteiger partial charge in [0, 0.05) is 25.7 Å². The molecule has 0 unspecified atom stereocenters. The number of Topliss-reactive ketones (excluding diaryl/α,β-unsaturated/α-hetero) is 1. The first-order valence-electron chi connectivity index (χ1n) is 7.02. The highest BCUT2D eigenvalue weighted by Crippen LogP contribution is 2.26. The van der Waals surface area contributed by atoms with Crippen molar-refractivity contribution < 1.29 is 18.7 Å². The van der Waals surface area contributed by atoms with Crippen LogP contribution in [-0.2, 0) is 16.0 Å². The van der Waals surface area contributed by atoms with Crippen molar-refractivity contribution in [3.63, 3.8) is 0 Å². The van der Waals surface area contributed by atoms with Crippen molar-refractivity contribution >= 4 is 11.8 Å². The van der Waals surface area contributed by atoms with Crippen LogP contribution in [0.5, 0.6) is 0 Å². The van der Waals surface area contributed by atoms with E-state index in [9.17, 15) is 9.59 Å². The SMILES string of the molecule is C=C1/C=C/[C@H](OC(C)=O)[C@@H](C)CC(=O)c2c(C)coc2C1. The van der Waals surface area contributed by atoms with Gasteiger partial charge in [0.15, 0.2) is 5.78 Å². The van der Waals surface area contributed by atoms with Crippen LogP contribution in [-0.4, -0.2) is 17.9 Å². The van der Waals surface area contributed by atoms with Crippen molar-refractivity contribution in [1.82, 2.24) is 0 Å². The van der Waals surface area contributed by atoms with Crippen LogP contribution < -0.4 is 0 Å². The van der Waals surface area contributed by atoms with Gasteiger partial charge in [-0.2, -0.15) is 0 Å². The molecule has 1 heterocycles. The fraction of sp³-hybridized carbons (Fsp3) is 0.412. The summed E-state index contributed by atoms with van der Waals surface area (Å²) in [7, 11) is 0. The molecular weight excluding hydrogens is 268 g/mol. The first-order valence-corrected chi connectivity index (χ1v) is 7.02. The molecule has 0 radical (unpaired) electrons. The number of ether oxygens (including phenoxy) is 1. The van der Waals surface area contributed by atoms with Crippen LogP contribution in [0.2, 0.25) is 0 Å². The van der Waals surface area contributed by atoms with Crippen molar-refractivity contribution in [3.8, 4) is 0 Å². The van der Waals surface area contributed by atoms with Gasteiger partial charge in [-0.25, -0.2) is 0 Å². The van der Waals surface area contributed by atoms with E-state index in [4.69, 9.17) is 9.15 Å². The average molecular weight is 288 g/mol. The van der Waals surface area contributed by atoms with Gasteiger partial charge < -0.3 is 9.15 Å². The van der Waals surface area contributed by atoms with Gasteiger partial charge in [0.1, 0.15) is 11.9 Å². The maximum atomic E-state index is 12.5. The Hall–Kier alpha value is -2.10. The summed E-state index contributed by atoms with van der Waals surface area (Å²) in [4.78, 5) is 23.7. The maximum absolute atomic E-state index is 12.5. The minimum absolute atomic E-state index is 0.0176. The zero-order valence-electron chi connectivity index (χ0n) is 12.6. The number of hydrogen-bond donors (Lipinski definition) is 0. The predicted molar refractivity (Wildman–Crippen MR) is 79.1 cm³/mol. The zero-order chi connectivity index (χ0) is 15.6. The standard InChI is InChI=1S/C17H20O4/c1-10-5-6-15(21-13(4)18)11(2)8-14(19)17-12(3)9-20-16(17)7-10/h5-6,9,11,15H,1,7-8H2,2-4H3/b6-5+/t11-,15-/m0/s1. The lowest BCUT2D eigenvalue weighted by molar-refractivity contribution is -0.146. The van der Waals surface area contributed by atoms with Crippen molar-refractivity contribution in [2.24, 2.45) is 5.92 Å². The van der Waals surface area contributed by atoms with Crippen LogP contribution in [0.15, 0.2) is 35.0 Å². The number of esters is 1. The van der Waals surface area contributed by atoms with Gasteiger partial charge in [-0.1, -0.05) is 19.6 Å². The number of carbonyl (C=O) groups is 2. The number of furan rings is 1. The lowest BCUT2D eigenvalue weighted by Gasteiger charge is -2.21. The van der Waals surface area contributed by atoms with Gasteiger partial charge in [0.2, 0.25) is 0 Å². The molecular formula is C17H20O4. The molecule has 0 fully saturated rings. The number of hydrogen-bond acceptors (Lipinski definition) is 4. The molecule has 4 heteroatoms. The molecule has 0 aliphatic heterocycles. The summed E-state index contributed by atoms with van der Waals surface area (Å²) >= 11 is 0. The Kier molecular flexibility index (Phi) is 4.46. The van der Waals surface area contributed by atoms with Crippen LogP contribution in [0, 0.1) is 12.8 Å². The zero-order valence-corrected chi connectivity index (χ0v) is 12.6. The van der Waals surface area contributed by atoms with Gasteiger partial charge in [0.05, 0.1) is 11.8 Å². The van der Waals surface area contributed by atoms with Crippen molar-refractivity contribution in [2.45, 2.75) is 39.7 Å². The van der Waals surface area contributed by atoms with Crippen LogP contribution in [0.4, 0.5) is 0 Å². The molecule has 0 amide bonds. The molecule has 1 aromatic heterocycles. The minimum Gasteiger partial charge on any atom is -0.468 e. The van der Waals surface area contributed by atoms with E-state index in [1.807, 2.05) is 19.9 Å². The quantitative estimate of drug-likeness (QED) is 0.743. The van der Waals surface area contributed by atoms with E-state index in [0.29, 0.717) is 24.2 Å². The third-order valence-corrected chi connectivity index (χ3v) is 3.61. The maximum Gasteiger partial charge on any atom is 0.303 e. The summed E-state index contributed by atoms with van der Waals surface area (Å²) in [6, 6.07) is 0. The Morgan fingerprint density at radius 3 is 2.86 bits per heavy atom. The topological polar surface area (TPSA) is 56.5 Å². The molecule has 2 atom stereocenters. The normalized spacial score (nSPS) is 24.3.